The number of nitrogens with zero attached hydrogens (tertiary/aromatic N) is 1. The highest BCUT2D eigenvalue weighted by Gasteiger charge is 2.32. The number of anilines is 1. The van der Waals surface area contributed by atoms with Gasteiger partial charge in [0, 0.05) is 10.9 Å². The molecule has 4 aromatic rings. The number of aryl methyl sites for hydroxylation is 2. The first kappa shape index (κ1) is 22.5. The van der Waals surface area contributed by atoms with Crippen LogP contribution < -0.4 is 4.31 Å². The second-order valence-corrected chi connectivity index (χ2v) is 9.49. The summed E-state index contributed by atoms with van der Waals surface area (Å²) in [4.78, 5) is 25.7. The van der Waals surface area contributed by atoms with Crippen molar-refractivity contribution in [3.8, 4) is 0 Å². The van der Waals surface area contributed by atoms with Crippen molar-refractivity contribution in [2.75, 3.05) is 4.31 Å². The minimum Gasteiger partial charge on any atom is -0.461 e. The number of sulfonamides is 1. The van der Waals surface area contributed by atoms with Gasteiger partial charge in [0.25, 0.3) is 15.9 Å². The predicted molar refractivity (Wildman–Crippen MR) is 127 cm³/mol. The molecule has 0 N–H and O–H groups in total. The Labute approximate surface area is 192 Å². The van der Waals surface area contributed by atoms with E-state index < -0.39 is 15.9 Å². The molecule has 0 aliphatic heterocycles. The zero-order valence-corrected chi connectivity index (χ0v) is 19.3. The lowest BCUT2D eigenvalue weighted by Crippen LogP contribution is -2.37. The van der Waals surface area contributed by atoms with Crippen LogP contribution in [0.4, 0.5) is 5.69 Å². The van der Waals surface area contributed by atoms with Crippen molar-refractivity contribution in [2.24, 2.45) is 0 Å². The third-order valence-electron chi connectivity index (χ3n) is 5.51. The molecule has 1 aromatic heterocycles. The number of ketones is 1. The highest BCUT2D eigenvalue weighted by atomic mass is 32.2. The van der Waals surface area contributed by atoms with Crippen molar-refractivity contribution >= 4 is 38.4 Å². The average molecular weight is 462 g/mol. The summed E-state index contributed by atoms with van der Waals surface area (Å²) in [6.45, 7) is 5.07. The molecule has 0 saturated heterocycles. The van der Waals surface area contributed by atoms with Gasteiger partial charge >= 0.3 is 0 Å². The smallest absolute Gasteiger partial charge is 0.272 e. The van der Waals surface area contributed by atoms with Gasteiger partial charge in [-0.1, -0.05) is 37.3 Å². The standard InChI is InChI=1S/C26H23NO5S/c1-4-19-10-13-22(14-11-19)33(30,31)27(26(29)20-8-6-5-7-9-20)21-12-15-24-23(16-21)25(17(2)28)18(3)32-24/h5-16H,4H2,1-3H3. The molecule has 0 fully saturated rings. The minimum absolute atomic E-state index is 0.000700. The van der Waals surface area contributed by atoms with Crippen LogP contribution in [-0.2, 0) is 16.4 Å². The Morgan fingerprint density at radius 3 is 2.21 bits per heavy atom. The molecule has 33 heavy (non-hydrogen) atoms. The van der Waals surface area contributed by atoms with E-state index in [9.17, 15) is 18.0 Å². The monoisotopic (exact) mass is 461 g/mol. The topological polar surface area (TPSA) is 84.7 Å². The van der Waals surface area contributed by atoms with Crippen molar-refractivity contribution in [1.82, 2.24) is 0 Å². The van der Waals surface area contributed by atoms with Crippen LogP contribution in [0.3, 0.4) is 0 Å². The number of benzene rings is 3. The molecule has 1 heterocycles. The van der Waals surface area contributed by atoms with Gasteiger partial charge in [-0.25, -0.2) is 8.42 Å². The normalized spacial score (nSPS) is 11.5. The van der Waals surface area contributed by atoms with Crippen LogP contribution in [0.5, 0.6) is 0 Å². The number of carbonyl (C=O) groups excluding carboxylic acids is 2. The van der Waals surface area contributed by atoms with Crippen LogP contribution in [0.1, 0.15) is 45.9 Å². The minimum atomic E-state index is -4.25. The van der Waals surface area contributed by atoms with Gasteiger partial charge in [0.05, 0.1) is 16.1 Å². The van der Waals surface area contributed by atoms with Gasteiger partial charge in [0.1, 0.15) is 11.3 Å². The molecule has 0 radical (unpaired) electrons. The third kappa shape index (κ3) is 4.07. The van der Waals surface area contributed by atoms with Crippen molar-refractivity contribution in [3.05, 3.63) is 95.2 Å². The fourth-order valence-corrected chi connectivity index (χ4v) is 5.24. The second kappa shape index (κ2) is 8.67. The molecule has 0 aliphatic rings. The van der Waals surface area contributed by atoms with Gasteiger partial charge in [-0.15, -0.1) is 0 Å². The van der Waals surface area contributed by atoms with Gasteiger partial charge in [-0.05, 0) is 68.3 Å². The Bertz CT molecular complexity index is 1450. The summed E-state index contributed by atoms with van der Waals surface area (Å²) < 4.78 is 33.9. The largest absolute Gasteiger partial charge is 0.461 e. The van der Waals surface area contributed by atoms with E-state index >= 15 is 0 Å². The number of furan rings is 1. The zero-order chi connectivity index (χ0) is 23.8. The third-order valence-corrected chi connectivity index (χ3v) is 7.23. The SMILES string of the molecule is CCc1ccc(S(=O)(=O)N(C(=O)c2ccccc2)c2ccc3oc(C)c(C(C)=O)c3c2)cc1. The molecule has 6 nitrogen and oxygen atoms in total. The first-order valence-electron chi connectivity index (χ1n) is 10.5. The summed E-state index contributed by atoms with van der Waals surface area (Å²) in [5.41, 5.74) is 2.14. The van der Waals surface area contributed by atoms with E-state index in [1.54, 1.807) is 55.5 Å². The summed E-state index contributed by atoms with van der Waals surface area (Å²) >= 11 is 0. The van der Waals surface area contributed by atoms with Crippen molar-refractivity contribution in [1.29, 1.82) is 0 Å². The van der Waals surface area contributed by atoms with Gasteiger partial charge in [0.15, 0.2) is 5.78 Å². The number of Topliss-reactive ketones (excluding diaryl/α,β-unsaturated/α-hetero) is 1. The number of hydrogen-bond acceptors (Lipinski definition) is 5. The fraction of sp³-hybridized carbons (Fsp3) is 0.154. The van der Waals surface area contributed by atoms with E-state index in [2.05, 4.69) is 0 Å². The van der Waals surface area contributed by atoms with Crippen molar-refractivity contribution in [3.63, 3.8) is 0 Å². The van der Waals surface area contributed by atoms with Crippen molar-refractivity contribution in [2.45, 2.75) is 32.1 Å². The maximum atomic E-state index is 13.7. The molecule has 0 bridgehead atoms. The van der Waals surface area contributed by atoms with E-state index in [-0.39, 0.29) is 21.9 Å². The number of fused-ring (bicyclic) bond motifs is 1. The average Bonchev–Trinajstić information content (AvgIpc) is 3.14. The number of hydrogen-bond donors (Lipinski definition) is 0. The molecule has 7 heteroatoms. The van der Waals surface area contributed by atoms with Crippen LogP contribution in [0.15, 0.2) is 82.1 Å². The highest BCUT2D eigenvalue weighted by Crippen LogP contribution is 2.33. The number of carbonyl (C=O) groups is 2. The highest BCUT2D eigenvalue weighted by molar-refractivity contribution is 7.93. The lowest BCUT2D eigenvalue weighted by molar-refractivity contribution is 0.1000. The van der Waals surface area contributed by atoms with Crippen LogP contribution in [0, 0.1) is 6.92 Å². The Balaban J connectivity index is 1.94. The van der Waals surface area contributed by atoms with Crippen LogP contribution in [0.2, 0.25) is 0 Å². The predicted octanol–water partition coefficient (Wildman–Crippen LogP) is 5.54. The molecular formula is C26H23NO5S. The Morgan fingerprint density at radius 2 is 1.61 bits per heavy atom. The summed E-state index contributed by atoms with van der Waals surface area (Å²) in [5, 5.41) is 0.458. The molecule has 0 aliphatic carbocycles. The Hall–Kier alpha value is -3.71. The van der Waals surface area contributed by atoms with Gasteiger partial charge < -0.3 is 4.42 Å². The Morgan fingerprint density at radius 1 is 0.939 bits per heavy atom. The molecular weight excluding hydrogens is 438 g/mol. The zero-order valence-electron chi connectivity index (χ0n) is 18.5. The first-order valence-corrected chi connectivity index (χ1v) is 12.0. The van der Waals surface area contributed by atoms with E-state index in [1.807, 2.05) is 6.92 Å². The molecule has 1 amide bonds. The molecule has 3 aromatic carbocycles. The molecule has 0 saturated carbocycles. The molecule has 4 rings (SSSR count). The second-order valence-electron chi connectivity index (χ2n) is 7.71. The maximum absolute atomic E-state index is 13.7. The lowest BCUT2D eigenvalue weighted by atomic mass is 10.1. The van der Waals surface area contributed by atoms with Crippen LogP contribution in [-0.4, -0.2) is 20.1 Å². The molecule has 0 unspecified atom stereocenters. The van der Waals surface area contributed by atoms with Crippen molar-refractivity contribution < 1.29 is 22.4 Å². The van der Waals surface area contributed by atoms with Gasteiger partial charge in [-0.2, -0.15) is 4.31 Å². The molecule has 0 atom stereocenters. The van der Waals surface area contributed by atoms with Gasteiger partial charge in [-0.3, -0.25) is 9.59 Å². The molecule has 0 spiro atoms. The van der Waals surface area contributed by atoms with E-state index in [4.69, 9.17) is 4.42 Å². The summed E-state index contributed by atoms with van der Waals surface area (Å²) in [6.07, 6.45) is 0.761. The maximum Gasteiger partial charge on any atom is 0.272 e. The van der Waals surface area contributed by atoms with Gasteiger partial charge in [0.2, 0.25) is 0 Å². The van der Waals surface area contributed by atoms with E-state index in [1.165, 1.54) is 31.2 Å². The number of rotatable bonds is 6. The fourth-order valence-electron chi connectivity index (χ4n) is 3.84. The number of amides is 1. The summed E-state index contributed by atoms with van der Waals surface area (Å²) in [7, 11) is -4.25. The quantitative estimate of drug-likeness (QED) is 0.352. The Kier molecular flexibility index (Phi) is 5.91. The molecule has 168 valence electrons. The first-order chi connectivity index (χ1) is 15.7. The van der Waals surface area contributed by atoms with E-state index in [0.717, 1.165) is 16.3 Å². The van der Waals surface area contributed by atoms with E-state index in [0.29, 0.717) is 22.3 Å². The summed E-state index contributed by atoms with van der Waals surface area (Å²) in [6, 6.07) is 19.3. The lowest BCUT2D eigenvalue weighted by Gasteiger charge is -2.23. The van der Waals surface area contributed by atoms with Crippen LogP contribution in [0.25, 0.3) is 11.0 Å². The van der Waals surface area contributed by atoms with Crippen LogP contribution >= 0.6 is 0 Å². The summed E-state index contributed by atoms with van der Waals surface area (Å²) in [5.74, 6) is -0.463.